The Labute approximate surface area is 111 Å². The zero-order chi connectivity index (χ0) is 12.9. The largest absolute Gasteiger partial charge is 0.367 e. The lowest BCUT2D eigenvalue weighted by molar-refractivity contribution is 0.168. The summed E-state index contributed by atoms with van der Waals surface area (Å²) >= 11 is 6.26. The van der Waals surface area contributed by atoms with Crippen LogP contribution >= 0.6 is 11.6 Å². The second kappa shape index (κ2) is 3.85. The van der Waals surface area contributed by atoms with Gasteiger partial charge in [0.05, 0.1) is 0 Å². The monoisotopic (exact) mass is 264 g/mol. The molecule has 96 valence electrons. The Morgan fingerprint density at radius 1 is 1.44 bits per heavy atom. The van der Waals surface area contributed by atoms with E-state index in [2.05, 4.69) is 42.2 Å². The number of anilines is 1. The normalized spacial score (nSPS) is 26.0. The minimum atomic E-state index is 0.109. The molecule has 18 heavy (non-hydrogen) atoms. The molecule has 0 spiro atoms. The van der Waals surface area contributed by atoms with Crippen LogP contribution in [0.25, 0.3) is 5.65 Å². The summed E-state index contributed by atoms with van der Waals surface area (Å²) in [6.45, 7) is 6.45. The summed E-state index contributed by atoms with van der Waals surface area (Å²) in [6.07, 6.45) is 2.56. The van der Waals surface area contributed by atoms with Crippen LogP contribution in [0.3, 0.4) is 0 Å². The average Bonchev–Trinajstić information content (AvgIpc) is 2.76. The van der Waals surface area contributed by atoms with E-state index in [0.29, 0.717) is 6.04 Å². The summed E-state index contributed by atoms with van der Waals surface area (Å²) < 4.78 is 1.84. The average molecular weight is 265 g/mol. The van der Waals surface area contributed by atoms with Crippen molar-refractivity contribution in [2.45, 2.75) is 38.6 Å². The molecule has 0 amide bonds. The van der Waals surface area contributed by atoms with Crippen LogP contribution in [0.5, 0.6) is 0 Å². The first kappa shape index (κ1) is 11.8. The van der Waals surface area contributed by atoms with Gasteiger partial charge < -0.3 is 5.32 Å². The van der Waals surface area contributed by atoms with E-state index in [4.69, 9.17) is 11.6 Å². The second-order valence-corrected chi connectivity index (χ2v) is 6.20. The van der Waals surface area contributed by atoms with E-state index in [0.717, 1.165) is 17.9 Å². The Hall–Kier alpha value is -1.29. The molecule has 0 aromatic carbocycles. The molecule has 1 fully saturated rings. The Morgan fingerprint density at radius 3 is 2.89 bits per heavy atom. The van der Waals surface area contributed by atoms with Crippen LogP contribution in [0.1, 0.15) is 25.8 Å². The first-order chi connectivity index (χ1) is 8.48. The third-order valence-corrected chi connectivity index (χ3v) is 4.73. The van der Waals surface area contributed by atoms with Crippen LogP contribution in [-0.2, 0) is 0 Å². The number of aryl methyl sites for hydroxylation is 1. The van der Waals surface area contributed by atoms with Gasteiger partial charge in [0, 0.05) is 16.8 Å². The maximum Gasteiger partial charge on any atom is 0.157 e. The highest BCUT2D eigenvalue weighted by atomic mass is 35.5. The highest BCUT2D eigenvalue weighted by molar-refractivity contribution is 6.21. The number of fused-ring (bicyclic) bond motifs is 1. The van der Waals surface area contributed by atoms with Crippen LogP contribution in [0, 0.1) is 12.3 Å². The van der Waals surface area contributed by atoms with Crippen molar-refractivity contribution < 1.29 is 0 Å². The van der Waals surface area contributed by atoms with Crippen LogP contribution in [0.4, 0.5) is 5.82 Å². The molecule has 2 atom stereocenters. The van der Waals surface area contributed by atoms with Gasteiger partial charge in [0.2, 0.25) is 0 Å². The lowest BCUT2D eigenvalue weighted by Gasteiger charge is -2.49. The van der Waals surface area contributed by atoms with Gasteiger partial charge in [0.25, 0.3) is 0 Å². The highest BCUT2D eigenvalue weighted by Gasteiger charge is 2.47. The van der Waals surface area contributed by atoms with E-state index in [1.165, 1.54) is 5.56 Å². The minimum absolute atomic E-state index is 0.109. The van der Waals surface area contributed by atoms with Crippen LogP contribution in [-0.4, -0.2) is 26.0 Å². The molecule has 2 heterocycles. The topological polar surface area (TPSA) is 42.2 Å². The van der Waals surface area contributed by atoms with Crippen LogP contribution in [0.2, 0.25) is 0 Å². The molecule has 2 aromatic heterocycles. The zero-order valence-corrected chi connectivity index (χ0v) is 11.6. The van der Waals surface area contributed by atoms with Gasteiger partial charge in [-0.3, -0.25) is 0 Å². The summed E-state index contributed by atoms with van der Waals surface area (Å²) in [4.78, 5) is 4.23. The predicted octanol–water partition coefficient (Wildman–Crippen LogP) is 2.86. The van der Waals surface area contributed by atoms with Crippen molar-refractivity contribution in [3.8, 4) is 0 Å². The molecule has 0 aliphatic heterocycles. The number of aromatic nitrogens is 3. The zero-order valence-electron chi connectivity index (χ0n) is 10.8. The second-order valence-electron chi connectivity index (χ2n) is 5.67. The quantitative estimate of drug-likeness (QED) is 0.848. The van der Waals surface area contributed by atoms with Crippen molar-refractivity contribution in [2.24, 2.45) is 5.41 Å². The molecule has 0 radical (unpaired) electrons. The van der Waals surface area contributed by atoms with Gasteiger partial charge in [-0.2, -0.15) is 9.61 Å². The molecule has 4 nitrogen and oxygen atoms in total. The Balaban J connectivity index is 1.93. The van der Waals surface area contributed by atoms with Crippen molar-refractivity contribution in [2.75, 3.05) is 5.32 Å². The molecule has 0 saturated heterocycles. The number of hydrogen-bond donors (Lipinski definition) is 1. The number of nitrogens with one attached hydrogen (secondary N) is 1. The van der Waals surface area contributed by atoms with E-state index in [9.17, 15) is 0 Å². The van der Waals surface area contributed by atoms with Crippen LogP contribution in [0.15, 0.2) is 18.5 Å². The number of halogens is 1. The van der Waals surface area contributed by atoms with Gasteiger partial charge in [-0.25, -0.2) is 4.98 Å². The molecule has 0 bridgehead atoms. The number of rotatable bonds is 2. The first-order valence-corrected chi connectivity index (χ1v) is 6.63. The number of pyridine rings is 1. The predicted molar refractivity (Wildman–Crippen MR) is 73.2 cm³/mol. The number of alkyl halides is 1. The summed E-state index contributed by atoms with van der Waals surface area (Å²) in [5.41, 5.74) is 2.16. The highest BCUT2D eigenvalue weighted by Crippen LogP contribution is 2.45. The molecule has 5 heteroatoms. The summed E-state index contributed by atoms with van der Waals surface area (Å²) in [6, 6.07) is 4.50. The molecule has 1 aliphatic carbocycles. The van der Waals surface area contributed by atoms with Crippen molar-refractivity contribution in [1.82, 2.24) is 14.6 Å². The number of hydrogen-bond acceptors (Lipinski definition) is 3. The van der Waals surface area contributed by atoms with Gasteiger partial charge in [0.15, 0.2) is 5.65 Å². The summed E-state index contributed by atoms with van der Waals surface area (Å²) in [7, 11) is 0. The van der Waals surface area contributed by atoms with Gasteiger partial charge in [-0.15, -0.1) is 11.6 Å². The Morgan fingerprint density at radius 2 is 2.22 bits per heavy atom. The lowest BCUT2D eigenvalue weighted by atomic mass is 9.67. The van der Waals surface area contributed by atoms with Crippen molar-refractivity contribution in [3.05, 3.63) is 24.0 Å². The van der Waals surface area contributed by atoms with E-state index < -0.39 is 0 Å². The third kappa shape index (κ3) is 1.67. The molecular formula is C13H17ClN4. The van der Waals surface area contributed by atoms with E-state index in [-0.39, 0.29) is 10.8 Å². The maximum absolute atomic E-state index is 6.26. The molecule has 2 unspecified atom stereocenters. The molecule has 1 aliphatic rings. The van der Waals surface area contributed by atoms with Crippen molar-refractivity contribution in [1.29, 1.82) is 0 Å². The number of nitrogens with zero attached hydrogens (tertiary/aromatic N) is 3. The van der Waals surface area contributed by atoms with E-state index in [1.54, 1.807) is 6.33 Å². The SMILES string of the molecule is Cc1cc(NC2CC(Cl)C2(C)C)n2ncnc2c1. The fourth-order valence-corrected chi connectivity index (χ4v) is 2.79. The fourth-order valence-electron chi connectivity index (χ4n) is 2.46. The fraction of sp³-hybridized carbons (Fsp3) is 0.538. The smallest absolute Gasteiger partial charge is 0.157 e. The molecule has 1 N–H and O–H groups in total. The summed E-state index contributed by atoms with van der Waals surface area (Å²) in [5, 5.41) is 8.03. The van der Waals surface area contributed by atoms with E-state index >= 15 is 0 Å². The van der Waals surface area contributed by atoms with Crippen molar-refractivity contribution >= 4 is 23.1 Å². The molecule has 3 rings (SSSR count). The van der Waals surface area contributed by atoms with Gasteiger partial charge in [0.1, 0.15) is 12.1 Å². The lowest BCUT2D eigenvalue weighted by Crippen LogP contribution is -2.54. The van der Waals surface area contributed by atoms with Gasteiger partial charge in [-0.05, 0) is 31.0 Å². The van der Waals surface area contributed by atoms with Gasteiger partial charge in [-0.1, -0.05) is 13.8 Å². The van der Waals surface area contributed by atoms with E-state index in [1.807, 2.05) is 10.6 Å². The van der Waals surface area contributed by atoms with Crippen molar-refractivity contribution in [3.63, 3.8) is 0 Å². The standard InChI is InChI=1S/C13H17ClN4/c1-8-4-11-15-7-16-18(11)12(5-8)17-10-6-9(14)13(10,2)3/h4-5,7,9-10,17H,6H2,1-3H3. The van der Waals surface area contributed by atoms with Gasteiger partial charge >= 0.3 is 0 Å². The van der Waals surface area contributed by atoms with Crippen LogP contribution < -0.4 is 5.32 Å². The maximum atomic E-state index is 6.26. The Kier molecular flexibility index (Phi) is 2.52. The molecule has 1 saturated carbocycles. The third-order valence-electron chi connectivity index (χ3n) is 3.99. The summed E-state index contributed by atoms with van der Waals surface area (Å²) in [5.74, 6) is 0.990. The first-order valence-electron chi connectivity index (χ1n) is 6.19. The molecule has 2 aromatic rings. The Bertz CT molecular complexity index is 590. The minimum Gasteiger partial charge on any atom is -0.367 e. The molecular weight excluding hydrogens is 248 g/mol.